The van der Waals surface area contributed by atoms with E-state index < -0.39 is 0 Å². The van der Waals surface area contributed by atoms with Crippen molar-refractivity contribution < 1.29 is 4.74 Å². The lowest BCUT2D eigenvalue weighted by molar-refractivity contribution is 0.0286. The van der Waals surface area contributed by atoms with E-state index >= 15 is 0 Å². The maximum atomic E-state index is 5.52. The Morgan fingerprint density at radius 3 is 2.62 bits per heavy atom. The Morgan fingerprint density at radius 1 is 1.19 bits per heavy atom. The lowest BCUT2D eigenvalue weighted by Gasteiger charge is -2.34. The number of hydrogen-bond acceptors (Lipinski definition) is 3. The van der Waals surface area contributed by atoms with Crippen molar-refractivity contribution in [3.05, 3.63) is 0 Å². The summed E-state index contributed by atoms with van der Waals surface area (Å²) in [4.78, 5) is 0. The van der Waals surface area contributed by atoms with Crippen molar-refractivity contribution in [1.29, 1.82) is 0 Å². The minimum Gasteiger partial charge on any atom is -0.380 e. The summed E-state index contributed by atoms with van der Waals surface area (Å²) in [5, 5.41) is 3.64. The van der Waals surface area contributed by atoms with Crippen molar-refractivity contribution in [3.8, 4) is 0 Å². The predicted octanol–water partition coefficient (Wildman–Crippen LogP) is 2.05. The molecular formula is C13H28N2O. The Morgan fingerprint density at radius 2 is 1.94 bits per heavy atom. The Labute approximate surface area is 100 Å². The van der Waals surface area contributed by atoms with Crippen molar-refractivity contribution in [2.75, 3.05) is 26.3 Å². The fourth-order valence-corrected chi connectivity index (χ4v) is 2.26. The van der Waals surface area contributed by atoms with E-state index in [1.54, 1.807) is 0 Å². The molecule has 16 heavy (non-hydrogen) atoms. The van der Waals surface area contributed by atoms with Crippen LogP contribution in [0.5, 0.6) is 0 Å². The van der Waals surface area contributed by atoms with E-state index in [4.69, 9.17) is 10.5 Å². The maximum Gasteiger partial charge on any atom is 0.0645 e. The van der Waals surface area contributed by atoms with Crippen LogP contribution in [0, 0.1) is 0 Å². The van der Waals surface area contributed by atoms with Crippen LogP contribution in [0.2, 0.25) is 0 Å². The van der Waals surface area contributed by atoms with Crippen molar-refractivity contribution in [2.24, 2.45) is 5.73 Å². The molecule has 1 unspecified atom stereocenters. The van der Waals surface area contributed by atoms with Crippen molar-refractivity contribution in [1.82, 2.24) is 5.32 Å². The molecule has 3 N–H and O–H groups in total. The van der Waals surface area contributed by atoms with Crippen LogP contribution in [-0.2, 0) is 4.74 Å². The van der Waals surface area contributed by atoms with E-state index in [2.05, 4.69) is 12.2 Å². The molecule has 0 amide bonds. The molecule has 3 nitrogen and oxygen atoms in total. The first-order valence-corrected chi connectivity index (χ1v) is 6.80. The lowest BCUT2D eigenvalue weighted by atomic mass is 9.95. The normalized spacial score (nSPS) is 25.9. The number of nitrogens with one attached hydrogen (secondary N) is 1. The van der Waals surface area contributed by atoms with Gasteiger partial charge >= 0.3 is 0 Å². The van der Waals surface area contributed by atoms with Crippen LogP contribution in [0.1, 0.15) is 51.9 Å². The largest absolute Gasteiger partial charge is 0.380 e. The summed E-state index contributed by atoms with van der Waals surface area (Å²) in [5.74, 6) is 0. The summed E-state index contributed by atoms with van der Waals surface area (Å²) in [6.45, 7) is 6.06. The fourth-order valence-electron chi connectivity index (χ4n) is 2.26. The smallest absolute Gasteiger partial charge is 0.0645 e. The third-order valence-electron chi connectivity index (χ3n) is 3.37. The first-order valence-electron chi connectivity index (χ1n) is 6.80. The van der Waals surface area contributed by atoms with E-state index in [-0.39, 0.29) is 5.54 Å². The van der Waals surface area contributed by atoms with E-state index in [0.29, 0.717) is 0 Å². The van der Waals surface area contributed by atoms with Gasteiger partial charge in [0.05, 0.1) is 6.61 Å². The summed E-state index contributed by atoms with van der Waals surface area (Å²) in [6.07, 6.45) is 8.84. The van der Waals surface area contributed by atoms with Crippen LogP contribution in [0.15, 0.2) is 0 Å². The van der Waals surface area contributed by atoms with Gasteiger partial charge in [-0.3, -0.25) is 0 Å². The molecule has 1 aliphatic rings. The second-order valence-corrected chi connectivity index (χ2v) is 5.20. The number of nitrogens with two attached hydrogens (primary N) is 1. The van der Waals surface area contributed by atoms with Gasteiger partial charge < -0.3 is 15.8 Å². The number of ether oxygens (including phenoxy) is 1. The van der Waals surface area contributed by atoms with Gasteiger partial charge in [-0.25, -0.2) is 0 Å². The van der Waals surface area contributed by atoms with Crippen LogP contribution >= 0.6 is 0 Å². The van der Waals surface area contributed by atoms with Crippen molar-refractivity contribution in [2.45, 2.75) is 57.4 Å². The third kappa shape index (κ3) is 5.83. The highest BCUT2D eigenvalue weighted by Crippen LogP contribution is 2.18. The van der Waals surface area contributed by atoms with Gasteiger partial charge in [-0.2, -0.15) is 0 Å². The zero-order valence-corrected chi connectivity index (χ0v) is 10.8. The molecule has 0 aliphatic carbocycles. The summed E-state index contributed by atoms with van der Waals surface area (Å²) < 4.78 is 5.52. The van der Waals surface area contributed by atoms with E-state index in [0.717, 1.165) is 26.3 Å². The molecule has 1 saturated heterocycles. The molecule has 1 aliphatic heterocycles. The topological polar surface area (TPSA) is 47.3 Å². The lowest BCUT2D eigenvalue weighted by Crippen LogP contribution is -2.49. The molecule has 0 aromatic carbocycles. The van der Waals surface area contributed by atoms with Gasteiger partial charge in [-0.1, -0.05) is 19.3 Å². The van der Waals surface area contributed by atoms with Crippen molar-refractivity contribution in [3.63, 3.8) is 0 Å². The molecule has 3 heteroatoms. The summed E-state index contributed by atoms with van der Waals surface area (Å²) >= 11 is 0. The Bertz CT molecular complexity index is 167. The molecule has 1 heterocycles. The zero-order chi connectivity index (χ0) is 11.7. The second-order valence-electron chi connectivity index (χ2n) is 5.20. The zero-order valence-electron chi connectivity index (χ0n) is 10.8. The van der Waals surface area contributed by atoms with E-state index in [1.165, 1.54) is 44.9 Å². The van der Waals surface area contributed by atoms with Gasteiger partial charge in [-0.05, 0) is 45.7 Å². The minimum atomic E-state index is 0.232. The van der Waals surface area contributed by atoms with Gasteiger partial charge in [0.25, 0.3) is 0 Å². The van der Waals surface area contributed by atoms with Crippen LogP contribution in [0.3, 0.4) is 0 Å². The average molecular weight is 228 g/mol. The van der Waals surface area contributed by atoms with Gasteiger partial charge in [0.15, 0.2) is 0 Å². The third-order valence-corrected chi connectivity index (χ3v) is 3.37. The fraction of sp³-hybridized carbons (Fsp3) is 1.00. The van der Waals surface area contributed by atoms with Crippen LogP contribution in [0.25, 0.3) is 0 Å². The van der Waals surface area contributed by atoms with Crippen molar-refractivity contribution >= 4 is 0 Å². The summed E-state index contributed by atoms with van der Waals surface area (Å²) in [5.41, 5.74) is 5.69. The number of unbranched alkanes of at least 4 members (excludes halogenated alkanes) is 4. The molecular weight excluding hydrogens is 200 g/mol. The van der Waals surface area contributed by atoms with Crippen LogP contribution in [-0.4, -0.2) is 31.8 Å². The number of hydrogen-bond donors (Lipinski definition) is 2. The Balaban J connectivity index is 1.93. The highest BCUT2D eigenvalue weighted by Gasteiger charge is 2.26. The number of rotatable bonds is 8. The molecule has 0 aromatic heterocycles. The molecule has 1 fully saturated rings. The molecule has 1 atom stereocenters. The van der Waals surface area contributed by atoms with Gasteiger partial charge in [-0.15, -0.1) is 0 Å². The minimum absolute atomic E-state index is 0.232. The standard InChI is InChI=1S/C13H28N2O/c1-13(8-7-11-16-12-13)15-10-6-4-2-3-5-9-14/h15H,2-12,14H2,1H3. The highest BCUT2D eigenvalue weighted by atomic mass is 16.5. The van der Waals surface area contributed by atoms with Crippen LogP contribution in [0.4, 0.5) is 0 Å². The van der Waals surface area contributed by atoms with Gasteiger partial charge in [0, 0.05) is 12.1 Å². The molecule has 0 bridgehead atoms. The van der Waals surface area contributed by atoms with E-state index in [9.17, 15) is 0 Å². The molecule has 0 radical (unpaired) electrons. The van der Waals surface area contributed by atoms with Gasteiger partial charge in [0.1, 0.15) is 0 Å². The monoisotopic (exact) mass is 228 g/mol. The molecule has 0 saturated carbocycles. The SMILES string of the molecule is CC1(NCCCCCCCN)CCCOC1. The quantitative estimate of drug-likeness (QED) is 0.625. The van der Waals surface area contributed by atoms with E-state index in [1.807, 2.05) is 0 Å². The Kier molecular flexibility index (Phi) is 7.01. The highest BCUT2D eigenvalue weighted by molar-refractivity contribution is 4.85. The Hall–Kier alpha value is -0.120. The summed E-state index contributed by atoms with van der Waals surface area (Å²) in [6, 6.07) is 0. The first-order chi connectivity index (χ1) is 7.77. The second kappa shape index (κ2) is 8.04. The average Bonchev–Trinajstić information content (AvgIpc) is 2.29. The molecule has 0 spiro atoms. The van der Waals surface area contributed by atoms with Gasteiger partial charge in [0.2, 0.25) is 0 Å². The molecule has 96 valence electrons. The maximum absolute atomic E-state index is 5.52. The van der Waals surface area contributed by atoms with Crippen LogP contribution < -0.4 is 11.1 Å². The molecule has 1 rings (SSSR count). The molecule has 0 aromatic rings. The predicted molar refractivity (Wildman–Crippen MR) is 68.6 cm³/mol. The first kappa shape index (κ1) is 13.9. The summed E-state index contributed by atoms with van der Waals surface area (Å²) in [7, 11) is 0.